The van der Waals surface area contributed by atoms with E-state index in [9.17, 15) is 14.4 Å². The number of hydrogen-bond donors (Lipinski definition) is 1. The molecule has 19 heavy (non-hydrogen) atoms. The SMILES string of the molecule is O=C(O)C1CCC(CN2C(=O)C=CC2=O)C(Cl)C1Cl. The highest BCUT2D eigenvalue weighted by atomic mass is 35.5. The van der Waals surface area contributed by atoms with Crippen LogP contribution in [0.1, 0.15) is 12.8 Å². The van der Waals surface area contributed by atoms with Gasteiger partial charge in [0.25, 0.3) is 11.8 Å². The minimum absolute atomic E-state index is 0.174. The molecule has 0 bridgehead atoms. The van der Waals surface area contributed by atoms with E-state index in [1.54, 1.807) is 0 Å². The maximum absolute atomic E-state index is 11.5. The van der Waals surface area contributed by atoms with Crippen molar-refractivity contribution < 1.29 is 19.5 Å². The summed E-state index contributed by atoms with van der Waals surface area (Å²) in [6.07, 6.45) is 3.37. The highest BCUT2D eigenvalue weighted by Crippen LogP contribution is 2.37. The molecule has 1 fully saturated rings. The standard InChI is InChI=1S/C12H13Cl2NO4/c13-10-6(1-2-7(11(10)14)12(18)19)5-15-8(16)3-4-9(15)17/h3-4,6-7,10-11H,1-2,5H2,(H,18,19). The van der Waals surface area contributed by atoms with Gasteiger partial charge in [0.15, 0.2) is 0 Å². The first kappa shape index (κ1) is 14.3. The Morgan fingerprint density at radius 1 is 1.21 bits per heavy atom. The van der Waals surface area contributed by atoms with E-state index in [0.717, 1.165) is 4.90 Å². The van der Waals surface area contributed by atoms with Crippen LogP contribution < -0.4 is 0 Å². The highest BCUT2D eigenvalue weighted by Gasteiger charge is 2.42. The molecule has 0 spiro atoms. The maximum Gasteiger partial charge on any atom is 0.308 e. The van der Waals surface area contributed by atoms with Gasteiger partial charge in [-0.1, -0.05) is 0 Å². The van der Waals surface area contributed by atoms with Crippen molar-refractivity contribution in [2.75, 3.05) is 6.54 Å². The molecule has 1 aliphatic heterocycles. The molecule has 2 aliphatic rings. The summed E-state index contributed by atoms with van der Waals surface area (Å²) in [5.74, 6) is -2.53. The molecule has 0 aromatic carbocycles. The number of aliphatic carboxylic acids is 1. The van der Waals surface area contributed by atoms with Crippen LogP contribution in [-0.4, -0.2) is 45.1 Å². The van der Waals surface area contributed by atoms with Gasteiger partial charge < -0.3 is 5.11 Å². The summed E-state index contributed by atoms with van der Waals surface area (Å²) in [6.45, 7) is 0.189. The number of carboxylic acid groups (broad SMARTS) is 1. The van der Waals surface area contributed by atoms with E-state index >= 15 is 0 Å². The Hall–Kier alpha value is -1.07. The monoisotopic (exact) mass is 305 g/mol. The minimum atomic E-state index is -0.959. The normalized spacial score (nSPS) is 34.9. The van der Waals surface area contributed by atoms with Crippen LogP contribution in [0.25, 0.3) is 0 Å². The van der Waals surface area contributed by atoms with E-state index in [-0.39, 0.29) is 24.3 Å². The smallest absolute Gasteiger partial charge is 0.308 e. The van der Waals surface area contributed by atoms with Gasteiger partial charge in [-0.25, -0.2) is 0 Å². The van der Waals surface area contributed by atoms with Gasteiger partial charge in [-0.2, -0.15) is 0 Å². The largest absolute Gasteiger partial charge is 0.481 e. The number of hydrogen-bond acceptors (Lipinski definition) is 3. The van der Waals surface area contributed by atoms with E-state index < -0.39 is 22.6 Å². The summed E-state index contributed by atoms with van der Waals surface area (Å²) in [4.78, 5) is 35.0. The Labute approximate surface area is 120 Å². The third-order valence-corrected chi connectivity index (χ3v) is 4.95. The molecule has 1 N–H and O–H groups in total. The Balaban J connectivity index is 2.01. The zero-order valence-corrected chi connectivity index (χ0v) is 11.5. The number of rotatable bonds is 3. The van der Waals surface area contributed by atoms with Crippen LogP contribution in [0.4, 0.5) is 0 Å². The lowest BCUT2D eigenvalue weighted by Gasteiger charge is -2.36. The van der Waals surface area contributed by atoms with Crippen LogP contribution in [0.15, 0.2) is 12.2 Å². The molecule has 1 saturated carbocycles. The number of alkyl halides is 2. The third-order valence-electron chi connectivity index (χ3n) is 3.62. The first-order chi connectivity index (χ1) is 8.91. The molecule has 1 heterocycles. The number of imide groups is 1. The quantitative estimate of drug-likeness (QED) is 0.629. The van der Waals surface area contributed by atoms with E-state index in [1.165, 1.54) is 12.2 Å². The van der Waals surface area contributed by atoms with Crippen LogP contribution in [0, 0.1) is 11.8 Å². The molecule has 0 aromatic heterocycles. The number of carbonyl (C=O) groups excluding carboxylic acids is 2. The molecule has 2 rings (SSSR count). The Bertz CT molecular complexity index is 433. The number of amides is 2. The van der Waals surface area contributed by atoms with Crippen molar-refractivity contribution in [2.24, 2.45) is 11.8 Å². The highest BCUT2D eigenvalue weighted by molar-refractivity contribution is 6.31. The Morgan fingerprint density at radius 2 is 1.79 bits per heavy atom. The summed E-state index contributed by atoms with van der Waals surface area (Å²) in [5.41, 5.74) is 0. The summed E-state index contributed by atoms with van der Waals surface area (Å²) in [5, 5.41) is 7.74. The second-order valence-corrected chi connectivity index (χ2v) is 5.80. The van der Waals surface area contributed by atoms with Crippen LogP contribution in [0.2, 0.25) is 0 Å². The number of carbonyl (C=O) groups is 3. The average molecular weight is 306 g/mol. The molecule has 7 heteroatoms. The van der Waals surface area contributed by atoms with Gasteiger partial charge in [-0.3, -0.25) is 19.3 Å². The van der Waals surface area contributed by atoms with Gasteiger partial charge in [-0.15, -0.1) is 23.2 Å². The summed E-state index contributed by atoms with van der Waals surface area (Å²) in [6, 6.07) is 0. The maximum atomic E-state index is 11.5. The Morgan fingerprint density at radius 3 is 2.32 bits per heavy atom. The van der Waals surface area contributed by atoms with E-state index in [1.807, 2.05) is 0 Å². The first-order valence-corrected chi connectivity index (χ1v) is 6.83. The third kappa shape index (κ3) is 2.77. The lowest BCUT2D eigenvalue weighted by atomic mass is 9.81. The van der Waals surface area contributed by atoms with E-state index in [2.05, 4.69) is 0 Å². The fourth-order valence-electron chi connectivity index (χ4n) is 2.49. The van der Waals surface area contributed by atoms with E-state index in [0.29, 0.717) is 12.8 Å². The van der Waals surface area contributed by atoms with Gasteiger partial charge in [0.2, 0.25) is 0 Å². The molecule has 2 amide bonds. The van der Waals surface area contributed by atoms with Crippen molar-refractivity contribution in [1.29, 1.82) is 0 Å². The van der Waals surface area contributed by atoms with Crippen molar-refractivity contribution in [1.82, 2.24) is 4.90 Å². The molecule has 0 radical (unpaired) electrons. The molecule has 0 saturated heterocycles. The van der Waals surface area contributed by atoms with Crippen LogP contribution in [0.5, 0.6) is 0 Å². The second kappa shape index (κ2) is 5.51. The topological polar surface area (TPSA) is 74.7 Å². The summed E-state index contributed by atoms with van der Waals surface area (Å²) in [7, 11) is 0. The lowest BCUT2D eigenvalue weighted by Crippen LogP contribution is -2.46. The van der Waals surface area contributed by atoms with Crippen LogP contribution >= 0.6 is 23.2 Å². The first-order valence-electron chi connectivity index (χ1n) is 5.96. The van der Waals surface area contributed by atoms with Crippen molar-refractivity contribution >= 4 is 41.0 Å². The second-order valence-electron chi connectivity index (χ2n) is 4.79. The fraction of sp³-hybridized carbons (Fsp3) is 0.583. The predicted octanol–water partition coefficient (Wildman–Crippen LogP) is 1.24. The van der Waals surface area contributed by atoms with Gasteiger partial charge in [-0.05, 0) is 18.8 Å². The van der Waals surface area contributed by atoms with Crippen molar-refractivity contribution in [2.45, 2.75) is 23.6 Å². The minimum Gasteiger partial charge on any atom is -0.481 e. The predicted molar refractivity (Wildman–Crippen MR) is 69.0 cm³/mol. The molecule has 0 aromatic rings. The molecular formula is C12H13Cl2NO4. The van der Waals surface area contributed by atoms with Crippen LogP contribution in [0.3, 0.4) is 0 Å². The van der Waals surface area contributed by atoms with Crippen molar-refractivity contribution in [3.05, 3.63) is 12.2 Å². The molecule has 4 unspecified atom stereocenters. The molecule has 104 valence electrons. The summed E-state index contributed by atoms with van der Waals surface area (Å²) >= 11 is 12.2. The van der Waals surface area contributed by atoms with Crippen molar-refractivity contribution in [3.8, 4) is 0 Å². The Kier molecular flexibility index (Phi) is 4.16. The average Bonchev–Trinajstić information content (AvgIpc) is 2.66. The van der Waals surface area contributed by atoms with E-state index in [4.69, 9.17) is 28.3 Å². The van der Waals surface area contributed by atoms with Gasteiger partial charge in [0.05, 0.1) is 16.7 Å². The zero-order valence-electron chi connectivity index (χ0n) is 9.96. The molecule has 1 aliphatic carbocycles. The number of nitrogens with zero attached hydrogens (tertiary/aromatic N) is 1. The van der Waals surface area contributed by atoms with Gasteiger partial charge >= 0.3 is 5.97 Å². The van der Waals surface area contributed by atoms with Gasteiger partial charge in [0.1, 0.15) is 0 Å². The molecular weight excluding hydrogens is 293 g/mol. The van der Waals surface area contributed by atoms with Gasteiger partial charge in [0, 0.05) is 18.7 Å². The lowest BCUT2D eigenvalue weighted by molar-refractivity contribution is -0.144. The fourth-order valence-corrected chi connectivity index (χ4v) is 3.31. The van der Waals surface area contributed by atoms with Crippen molar-refractivity contribution in [3.63, 3.8) is 0 Å². The molecule has 5 nitrogen and oxygen atoms in total. The summed E-state index contributed by atoms with van der Waals surface area (Å²) < 4.78 is 0. The zero-order chi connectivity index (χ0) is 14.2. The number of carboxylic acids is 1. The van der Waals surface area contributed by atoms with Crippen LogP contribution in [-0.2, 0) is 14.4 Å². The molecule has 4 atom stereocenters. The number of halogens is 2.